The van der Waals surface area contributed by atoms with E-state index in [2.05, 4.69) is 0 Å². The van der Waals surface area contributed by atoms with Crippen LogP contribution in [0.25, 0.3) is 11.1 Å². The van der Waals surface area contributed by atoms with Crippen molar-refractivity contribution in [1.29, 1.82) is 0 Å². The van der Waals surface area contributed by atoms with Gasteiger partial charge in [-0.3, -0.25) is 4.79 Å². The van der Waals surface area contributed by atoms with Gasteiger partial charge in [-0.1, -0.05) is 49.4 Å². The van der Waals surface area contributed by atoms with E-state index in [9.17, 15) is 9.59 Å². The molecule has 0 fully saturated rings. The van der Waals surface area contributed by atoms with Gasteiger partial charge in [0.25, 0.3) is 5.91 Å². The molecule has 0 radical (unpaired) electrons. The molecule has 0 aliphatic carbocycles. The summed E-state index contributed by atoms with van der Waals surface area (Å²) in [6, 6.07) is 18.6. The number of ether oxygens (including phenoxy) is 2. The van der Waals surface area contributed by atoms with E-state index in [4.69, 9.17) is 9.47 Å². The van der Waals surface area contributed by atoms with Gasteiger partial charge in [-0.15, -0.1) is 0 Å². The number of amides is 1. The fraction of sp³-hybridized carbons (Fsp3) is 0.259. The van der Waals surface area contributed by atoms with Crippen LogP contribution in [0.15, 0.2) is 60.7 Å². The first kappa shape index (κ1) is 23.1. The van der Waals surface area contributed by atoms with Gasteiger partial charge >= 0.3 is 5.97 Å². The number of nitrogens with zero attached hydrogens (tertiary/aromatic N) is 1. The predicted molar refractivity (Wildman–Crippen MR) is 127 cm³/mol. The Labute approximate surface area is 189 Å². The lowest BCUT2D eigenvalue weighted by Crippen LogP contribution is -2.23. The Bertz CT molecular complexity index is 1100. The maximum atomic E-state index is 13.3. The number of para-hydroxylation sites is 1. The van der Waals surface area contributed by atoms with Gasteiger partial charge in [0.2, 0.25) is 0 Å². The first-order chi connectivity index (χ1) is 15.3. The van der Waals surface area contributed by atoms with Gasteiger partial charge < -0.3 is 14.4 Å². The number of aryl methyl sites for hydroxylation is 2. The molecule has 0 heterocycles. The van der Waals surface area contributed by atoms with Crippen LogP contribution in [-0.2, 0) is 0 Å². The van der Waals surface area contributed by atoms with E-state index in [0.29, 0.717) is 23.3 Å². The largest absolute Gasteiger partial charge is 0.494 e. The molecule has 0 saturated heterocycles. The molecule has 1 amide bonds. The van der Waals surface area contributed by atoms with Crippen molar-refractivity contribution in [3.8, 4) is 22.6 Å². The molecule has 166 valence electrons. The van der Waals surface area contributed by atoms with Gasteiger partial charge in [0.15, 0.2) is 5.75 Å². The first-order valence-corrected chi connectivity index (χ1v) is 10.7. The summed E-state index contributed by atoms with van der Waals surface area (Å²) in [6.45, 7) is 6.38. The van der Waals surface area contributed by atoms with E-state index in [1.165, 1.54) is 4.90 Å². The Balaban J connectivity index is 2.06. The maximum absolute atomic E-state index is 13.3. The minimum Gasteiger partial charge on any atom is -0.494 e. The van der Waals surface area contributed by atoms with Crippen molar-refractivity contribution in [2.75, 3.05) is 20.7 Å². The number of hydrogen-bond acceptors (Lipinski definition) is 4. The maximum Gasteiger partial charge on any atom is 0.344 e. The van der Waals surface area contributed by atoms with Crippen LogP contribution in [0.4, 0.5) is 0 Å². The van der Waals surface area contributed by atoms with Crippen molar-refractivity contribution in [2.45, 2.75) is 27.2 Å². The van der Waals surface area contributed by atoms with Crippen LogP contribution in [0, 0.1) is 13.8 Å². The molecule has 32 heavy (non-hydrogen) atoms. The van der Waals surface area contributed by atoms with E-state index in [1.54, 1.807) is 26.2 Å². The van der Waals surface area contributed by atoms with Crippen LogP contribution in [0.3, 0.4) is 0 Å². The lowest BCUT2D eigenvalue weighted by atomic mass is 10.00. The summed E-state index contributed by atoms with van der Waals surface area (Å²) in [6.07, 6.45) is 0.904. The van der Waals surface area contributed by atoms with Crippen LogP contribution >= 0.6 is 0 Å². The number of esters is 1. The van der Waals surface area contributed by atoms with E-state index in [-0.39, 0.29) is 11.7 Å². The predicted octanol–water partition coefficient (Wildman–Crippen LogP) is 5.68. The molecule has 0 aliphatic rings. The molecular formula is C27H29NO4. The molecule has 3 rings (SSSR count). The fourth-order valence-electron chi connectivity index (χ4n) is 3.59. The van der Waals surface area contributed by atoms with E-state index in [0.717, 1.165) is 28.9 Å². The Morgan fingerprint density at radius 3 is 2.16 bits per heavy atom. The summed E-state index contributed by atoms with van der Waals surface area (Å²) in [5.74, 6) is 0.250. The minimum absolute atomic E-state index is 0.234. The Morgan fingerprint density at radius 1 is 0.906 bits per heavy atom. The second kappa shape index (κ2) is 10.1. The molecule has 0 spiro atoms. The molecule has 0 unspecified atom stereocenters. The third-order valence-corrected chi connectivity index (χ3v) is 5.11. The molecule has 5 heteroatoms. The third-order valence-electron chi connectivity index (χ3n) is 5.11. The molecule has 3 aromatic carbocycles. The fourth-order valence-corrected chi connectivity index (χ4v) is 3.59. The summed E-state index contributed by atoms with van der Waals surface area (Å²) >= 11 is 0. The number of benzene rings is 3. The molecule has 0 aromatic heterocycles. The average Bonchev–Trinajstić information content (AvgIpc) is 2.77. The molecule has 0 saturated carbocycles. The topological polar surface area (TPSA) is 55.8 Å². The van der Waals surface area contributed by atoms with Crippen molar-refractivity contribution < 1.29 is 19.1 Å². The van der Waals surface area contributed by atoms with Gasteiger partial charge in [-0.05, 0) is 55.2 Å². The molecular weight excluding hydrogens is 402 g/mol. The van der Waals surface area contributed by atoms with Crippen LogP contribution in [0.1, 0.15) is 45.2 Å². The van der Waals surface area contributed by atoms with Crippen molar-refractivity contribution in [3.63, 3.8) is 0 Å². The van der Waals surface area contributed by atoms with Crippen LogP contribution in [-0.4, -0.2) is 37.5 Å². The SMILES string of the molecule is CCCOc1cc(C)c(C(=O)Oc2c(C(=O)N(C)C)cccc2-c2ccccc2)c(C)c1. The van der Waals surface area contributed by atoms with Gasteiger partial charge in [-0.2, -0.15) is 0 Å². The Morgan fingerprint density at radius 2 is 1.56 bits per heavy atom. The monoisotopic (exact) mass is 431 g/mol. The highest BCUT2D eigenvalue weighted by molar-refractivity contribution is 6.02. The summed E-state index contributed by atoms with van der Waals surface area (Å²) in [4.78, 5) is 27.7. The van der Waals surface area contributed by atoms with Gasteiger partial charge in [0.05, 0.1) is 17.7 Å². The Hall–Kier alpha value is -3.60. The second-order valence-corrected chi connectivity index (χ2v) is 7.92. The van der Waals surface area contributed by atoms with Gasteiger partial charge in [-0.25, -0.2) is 4.79 Å². The van der Waals surface area contributed by atoms with E-state index >= 15 is 0 Å². The first-order valence-electron chi connectivity index (χ1n) is 10.7. The van der Waals surface area contributed by atoms with Gasteiger partial charge in [0, 0.05) is 19.7 Å². The third kappa shape index (κ3) is 4.99. The molecule has 0 N–H and O–H groups in total. The number of hydrogen-bond donors (Lipinski definition) is 0. The molecule has 0 atom stereocenters. The highest BCUT2D eigenvalue weighted by atomic mass is 16.5. The Kier molecular flexibility index (Phi) is 7.31. The van der Waals surface area contributed by atoms with Crippen LogP contribution < -0.4 is 9.47 Å². The molecule has 3 aromatic rings. The highest BCUT2D eigenvalue weighted by Gasteiger charge is 2.24. The van der Waals surface area contributed by atoms with Crippen LogP contribution in [0.5, 0.6) is 11.5 Å². The van der Waals surface area contributed by atoms with Crippen molar-refractivity contribution in [1.82, 2.24) is 4.90 Å². The number of rotatable bonds is 7. The molecule has 0 aliphatic heterocycles. The zero-order valence-corrected chi connectivity index (χ0v) is 19.3. The number of carbonyl (C=O) groups excluding carboxylic acids is 2. The van der Waals surface area contributed by atoms with E-state index < -0.39 is 5.97 Å². The smallest absolute Gasteiger partial charge is 0.344 e. The summed E-state index contributed by atoms with van der Waals surface area (Å²) < 4.78 is 11.7. The minimum atomic E-state index is -0.502. The van der Waals surface area contributed by atoms with Crippen LogP contribution in [0.2, 0.25) is 0 Å². The number of carbonyl (C=O) groups is 2. The van der Waals surface area contributed by atoms with E-state index in [1.807, 2.05) is 69.3 Å². The standard InChI is InChI=1S/C27H29NO4/c1-6-15-31-21-16-18(2)24(19(3)17-21)27(30)32-25-22(20-11-8-7-9-12-20)13-10-14-23(25)26(29)28(4)5/h7-14,16-17H,6,15H2,1-5H3. The lowest BCUT2D eigenvalue weighted by molar-refractivity contribution is 0.0727. The summed E-state index contributed by atoms with van der Waals surface area (Å²) in [5.41, 5.74) is 3.88. The van der Waals surface area contributed by atoms with Gasteiger partial charge in [0.1, 0.15) is 5.75 Å². The summed E-state index contributed by atoms with van der Waals surface area (Å²) in [5, 5.41) is 0. The normalized spacial score (nSPS) is 10.5. The van der Waals surface area contributed by atoms with Crippen molar-refractivity contribution in [3.05, 3.63) is 82.9 Å². The summed E-state index contributed by atoms with van der Waals surface area (Å²) in [7, 11) is 3.35. The molecule has 5 nitrogen and oxygen atoms in total. The second-order valence-electron chi connectivity index (χ2n) is 7.92. The average molecular weight is 432 g/mol. The zero-order valence-electron chi connectivity index (χ0n) is 19.3. The zero-order chi connectivity index (χ0) is 23.3. The highest BCUT2D eigenvalue weighted by Crippen LogP contribution is 2.35. The van der Waals surface area contributed by atoms with Crippen molar-refractivity contribution >= 4 is 11.9 Å². The lowest BCUT2D eigenvalue weighted by Gasteiger charge is -2.18. The molecule has 0 bridgehead atoms. The quantitative estimate of drug-likeness (QED) is 0.357. The van der Waals surface area contributed by atoms with Crippen molar-refractivity contribution in [2.24, 2.45) is 0 Å².